The molecule has 2 aromatic carbocycles. The van der Waals surface area contributed by atoms with Crippen molar-refractivity contribution in [1.29, 1.82) is 0 Å². The predicted molar refractivity (Wildman–Crippen MR) is 120 cm³/mol. The third-order valence-corrected chi connectivity index (χ3v) is 5.86. The van der Waals surface area contributed by atoms with Crippen LogP contribution in [0.4, 0.5) is 5.69 Å². The normalized spacial score (nSPS) is 16.2. The van der Waals surface area contributed by atoms with Gasteiger partial charge in [-0.15, -0.1) is 0 Å². The van der Waals surface area contributed by atoms with Crippen LogP contribution in [-0.2, 0) is 11.3 Å². The second-order valence-corrected chi connectivity index (χ2v) is 7.97. The highest BCUT2D eigenvalue weighted by molar-refractivity contribution is 5.95. The Labute approximate surface area is 179 Å². The van der Waals surface area contributed by atoms with Crippen LogP contribution in [-0.4, -0.2) is 62.1 Å². The fourth-order valence-electron chi connectivity index (χ4n) is 3.91. The maximum atomic E-state index is 12.8. The molecule has 0 radical (unpaired) electrons. The monoisotopic (exact) mass is 411 g/mol. The first-order valence-electron chi connectivity index (χ1n) is 10.5. The Kier molecular flexibility index (Phi) is 7.34. The molecule has 3 rings (SSSR count). The highest BCUT2D eigenvalue weighted by atomic mass is 16.5. The van der Waals surface area contributed by atoms with Gasteiger partial charge in [0.15, 0.2) is 0 Å². The van der Waals surface area contributed by atoms with Crippen molar-refractivity contribution < 1.29 is 14.3 Å². The minimum atomic E-state index is -0.167. The van der Waals surface area contributed by atoms with Gasteiger partial charge in [0.2, 0.25) is 5.91 Å². The first-order chi connectivity index (χ1) is 14.4. The van der Waals surface area contributed by atoms with Crippen molar-refractivity contribution in [2.75, 3.05) is 45.7 Å². The molecular weight excluding hydrogens is 378 g/mol. The van der Waals surface area contributed by atoms with Gasteiger partial charge in [-0.1, -0.05) is 17.7 Å². The van der Waals surface area contributed by atoms with Gasteiger partial charge in [0, 0.05) is 44.0 Å². The zero-order chi connectivity index (χ0) is 21.7. The van der Waals surface area contributed by atoms with E-state index in [-0.39, 0.29) is 11.9 Å². The van der Waals surface area contributed by atoms with Gasteiger partial charge in [-0.2, -0.15) is 0 Å². The van der Waals surface area contributed by atoms with E-state index in [0.717, 1.165) is 61.0 Å². The van der Waals surface area contributed by atoms with Crippen molar-refractivity contribution in [3.63, 3.8) is 0 Å². The number of nitrogens with zero attached hydrogens (tertiary/aromatic N) is 2. The number of carbonyl (C=O) groups is 1. The molecule has 6 nitrogen and oxygen atoms in total. The van der Waals surface area contributed by atoms with Crippen LogP contribution < -0.4 is 14.8 Å². The lowest BCUT2D eigenvalue weighted by molar-refractivity contribution is -0.121. The van der Waals surface area contributed by atoms with E-state index in [0.29, 0.717) is 0 Å². The number of rotatable bonds is 7. The summed E-state index contributed by atoms with van der Waals surface area (Å²) in [6.45, 7) is 10.4. The van der Waals surface area contributed by atoms with E-state index >= 15 is 0 Å². The summed E-state index contributed by atoms with van der Waals surface area (Å²) in [6, 6.07) is 11.8. The molecule has 0 aliphatic carbocycles. The number of benzene rings is 2. The van der Waals surface area contributed by atoms with Crippen molar-refractivity contribution in [3.8, 4) is 11.5 Å². The first kappa shape index (κ1) is 22.1. The van der Waals surface area contributed by atoms with Crippen LogP contribution >= 0.6 is 0 Å². The van der Waals surface area contributed by atoms with Crippen LogP contribution in [0.5, 0.6) is 11.5 Å². The second-order valence-electron chi connectivity index (χ2n) is 7.97. The van der Waals surface area contributed by atoms with E-state index in [4.69, 9.17) is 9.47 Å². The summed E-state index contributed by atoms with van der Waals surface area (Å²) in [7, 11) is 3.37. The SMILES string of the molecule is COc1ccc(OC)c(CN2CCN(C(C)C(=O)Nc3ccc(C)cc3C)CC2)c1. The van der Waals surface area contributed by atoms with Gasteiger partial charge in [0.1, 0.15) is 11.5 Å². The number of piperazine rings is 1. The quantitative estimate of drug-likeness (QED) is 0.756. The Hall–Kier alpha value is -2.57. The molecule has 1 saturated heterocycles. The molecule has 1 unspecified atom stereocenters. The Morgan fingerprint density at radius 2 is 1.77 bits per heavy atom. The average Bonchev–Trinajstić information content (AvgIpc) is 2.75. The van der Waals surface area contributed by atoms with Gasteiger partial charge in [0.25, 0.3) is 0 Å². The molecule has 2 aromatic rings. The average molecular weight is 412 g/mol. The number of hydrogen-bond acceptors (Lipinski definition) is 5. The highest BCUT2D eigenvalue weighted by Gasteiger charge is 2.26. The van der Waals surface area contributed by atoms with Crippen LogP contribution in [0.25, 0.3) is 0 Å². The molecule has 162 valence electrons. The Balaban J connectivity index is 1.55. The zero-order valence-corrected chi connectivity index (χ0v) is 18.7. The maximum absolute atomic E-state index is 12.8. The molecule has 1 heterocycles. The standard InChI is InChI=1S/C24H33N3O3/c1-17-6-8-22(18(2)14-17)25-24(28)19(3)27-12-10-26(11-13-27)16-20-15-21(29-4)7-9-23(20)30-5/h6-9,14-15,19H,10-13,16H2,1-5H3,(H,25,28). The van der Waals surface area contributed by atoms with Crippen LogP contribution in [0.2, 0.25) is 0 Å². The van der Waals surface area contributed by atoms with Crippen molar-refractivity contribution in [2.45, 2.75) is 33.4 Å². The third kappa shape index (κ3) is 5.32. The largest absolute Gasteiger partial charge is 0.497 e. The molecule has 30 heavy (non-hydrogen) atoms. The lowest BCUT2D eigenvalue weighted by atomic mass is 10.1. The fraction of sp³-hybridized carbons (Fsp3) is 0.458. The smallest absolute Gasteiger partial charge is 0.241 e. The highest BCUT2D eigenvalue weighted by Crippen LogP contribution is 2.26. The van der Waals surface area contributed by atoms with E-state index in [1.165, 1.54) is 5.56 Å². The summed E-state index contributed by atoms with van der Waals surface area (Å²) in [5.41, 5.74) is 4.29. The minimum absolute atomic E-state index is 0.0462. The van der Waals surface area contributed by atoms with Gasteiger partial charge in [-0.05, 0) is 50.6 Å². The molecule has 1 amide bonds. The number of aryl methyl sites for hydroxylation is 2. The molecule has 0 bridgehead atoms. The lowest BCUT2D eigenvalue weighted by Gasteiger charge is -2.37. The number of methoxy groups -OCH3 is 2. The molecule has 1 aliphatic rings. The van der Waals surface area contributed by atoms with E-state index in [1.54, 1.807) is 14.2 Å². The number of nitrogens with one attached hydrogen (secondary N) is 1. The molecule has 6 heteroatoms. The second kappa shape index (κ2) is 9.96. The molecule has 1 atom stereocenters. The van der Waals surface area contributed by atoms with Crippen LogP contribution in [0.1, 0.15) is 23.6 Å². The Bertz CT molecular complexity index is 876. The van der Waals surface area contributed by atoms with E-state index in [9.17, 15) is 4.79 Å². The van der Waals surface area contributed by atoms with Gasteiger partial charge < -0.3 is 14.8 Å². The summed E-state index contributed by atoms with van der Waals surface area (Å²) in [6.07, 6.45) is 0. The number of anilines is 1. The van der Waals surface area contributed by atoms with Gasteiger partial charge in [-0.3, -0.25) is 14.6 Å². The summed E-state index contributed by atoms with van der Waals surface area (Å²) >= 11 is 0. The van der Waals surface area contributed by atoms with Crippen molar-refractivity contribution in [1.82, 2.24) is 9.80 Å². The number of ether oxygens (including phenoxy) is 2. The number of amides is 1. The molecule has 0 spiro atoms. The molecule has 0 saturated carbocycles. The van der Waals surface area contributed by atoms with E-state index in [2.05, 4.69) is 28.1 Å². The summed E-state index contributed by atoms with van der Waals surface area (Å²) in [5, 5.41) is 3.09. The molecule has 1 aliphatic heterocycles. The van der Waals surface area contributed by atoms with Crippen molar-refractivity contribution in [2.24, 2.45) is 0 Å². The predicted octanol–water partition coefficient (Wildman–Crippen LogP) is 3.47. The fourth-order valence-corrected chi connectivity index (χ4v) is 3.91. The van der Waals surface area contributed by atoms with Gasteiger partial charge in [0.05, 0.1) is 20.3 Å². The molecular formula is C24H33N3O3. The number of carbonyl (C=O) groups excluding carboxylic acids is 1. The minimum Gasteiger partial charge on any atom is -0.497 e. The van der Waals surface area contributed by atoms with E-state index < -0.39 is 0 Å². The van der Waals surface area contributed by atoms with Crippen molar-refractivity contribution in [3.05, 3.63) is 53.1 Å². The maximum Gasteiger partial charge on any atom is 0.241 e. The van der Waals surface area contributed by atoms with Gasteiger partial charge in [-0.25, -0.2) is 0 Å². The van der Waals surface area contributed by atoms with Crippen LogP contribution in [0.3, 0.4) is 0 Å². The Morgan fingerprint density at radius 1 is 1.03 bits per heavy atom. The topological polar surface area (TPSA) is 54.0 Å². The van der Waals surface area contributed by atoms with Gasteiger partial charge >= 0.3 is 0 Å². The van der Waals surface area contributed by atoms with Crippen LogP contribution in [0.15, 0.2) is 36.4 Å². The van der Waals surface area contributed by atoms with Crippen molar-refractivity contribution >= 4 is 11.6 Å². The lowest BCUT2D eigenvalue weighted by Crippen LogP contribution is -2.52. The third-order valence-electron chi connectivity index (χ3n) is 5.86. The van der Waals surface area contributed by atoms with Crippen LogP contribution in [0, 0.1) is 13.8 Å². The summed E-state index contributed by atoms with van der Waals surface area (Å²) < 4.78 is 10.9. The zero-order valence-electron chi connectivity index (χ0n) is 18.7. The first-order valence-corrected chi connectivity index (χ1v) is 10.5. The number of hydrogen-bond donors (Lipinski definition) is 1. The summed E-state index contributed by atoms with van der Waals surface area (Å²) in [4.78, 5) is 17.4. The molecule has 1 N–H and O–H groups in total. The summed E-state index contributed by atoms with van der Waals surface area (Å²) in [5.74, 6) is 1.76. The molecule has 1 fully saturated rings. The Morgan fingerprint density at radius 3 is 2.40 bits per heavy atom. The molecule has 0 aromatic heterocycles. The van der Waals surface area contributed by atoms with E-state index in [1.807, 2.05) is 44.2 Å².